The van der Waals surface area contributed by atoms with E-state index in [1.807, 2.05) is 0 Å². The third-order valence-corrected chi connectivity index (χ3v) is 5.42. The number of rotatable bonds is 4. The number of fused-ring (bicyclic) bond motifs is 1. The van der Waals surface area contributed by atoms with Crippen molar-refractivity contribution in [3.63, 3.8) is 0 Å². The number of aryl methyl sites for hydroxylation is 1. The van der Waals surface area contributed by atoms with E-state index < -0.39 is 23.5 Å². The van der Waals surface area contributed by atoms with Gasteiger partial charge in [0, 0.05) is 10.7 Å². The number of amides is 1. The molecular weight excluding hydrogens is 378 g/mol. The first kappa shape index (κ1) is 18.1. The van der Waals surface area contributed by atoms with E-state index in [1.165, 1.54) is 10.9 Å². The number of halogens is 1. The van der Waals surface area contributed by atoms with Gasteiger partial charge in [-0.25, -0.2) is 9.78 Å². The van der Waals surface area contributed by atoms with Crippen LogP contribution in [-0.2, 0) is 4.79 Å². The third kappa shape index (κ3) is 3.21. The summed E-state index contributed by atoms with van der Waals surface area (Å²) in [7, 11) is 0. The topological polar surface area (TPSA) is 101 Å². The minimum Gasteiger partial charge on any atom is -0.477 e. The van der Waals surface area contributed by atoms with Crippen LogP contribution < -0.4 is 10.9 Å². The van der Waals surface area contributed by atoms with Gasteiger partial charge in [-0.1, -0.05) is 11.6 Å². The molecule has 0 saturated heterocycles. The van der Waals surface area contributed by atoms with Gasteiger partial charge in [-0.15, -0.1) is 11.3 Å². The molecule has 0 bridgehead atoms. The molecule has 0 aliphatic rings. The Hall–Kier alpha value is -2.71. The van der Waals surface area contributed by atoms with Gasteiger partial charge in [-0.05, 0) is 43.7 Å². The Labute approximate surface area is 156 Å². The minimum absolute atomic E-state index is 0.0700. The number of carboxylic acid groups (broad SMARTS) is 1. The molecule has 26 heavy (non-hydrogen) atoms. The highest BCUT2D eigenvalue weighted by Gasteiger charge is 2.22. The first-order valence-corrected chi connectivity index (χ1v) is 8.79. The number of thiophene rings is 1. The molecule has 1 aromatic carbocycles. The lowest BCUT2D eigenvalue weighted by Crippen LogP contribution is -2.31. The summed E-state index contributed by atoms with van der Waals surface area (Å²) < 4.78 is 1.19. The second kappa shape index (κ2) is 6.89. The van der Waals surface area contributed by atoms with Crippen LogP contribution in [0.5, 0.6) is 0 Å². The van der Waals surface area contributed by atoms with Gasteiger partial charge >= 0.3 is 5.97 Å². The Bertz CT molecular complexity index is 1070. The number of nitrogens with one attached hydrogen (secondary N) is 1. The van der Waals surface area contributed by atoms with Gasteiger partial charge in [-0.3, -0.25) is 14.2 Å². The van der Waals surface area contributed by atoms with E-state index >= 15 is 0 Å². The standard InChI is InChI=1S/C17H14ClN3O4S/c1-8-12-15(26-13(8)17(24)25)19-7-21(16(12)23)9(2)14(22)20-11-5-3-10(18)4-6-11/h3-7,9H,1-2H3,(H,20,22)(H,24,25). The number of anilines is 1. The number of aromatic carboxylic acids is 1. The molecule has 1 atom stereocenters. The normalized spacial score (nSPS) is 12.1. The summed E-state index contributed by atoms with van der Waals surface area (Å²) in [6, 6.07) is 5.76. The SMILES string of the molecule is Cc1c(C(=O)O)sc2ncn(C(C)C(=O)Nc3ccc(Cl)cc3)c(=O)c12. The van der Waals surface area contributed by atoms with E-state index in [4.69, 9.17) is 11.6 Å². The summed E-state index contributed by atoms with van der Waals surface area (Å²) in [5.74, 6) is -1.51. The Balaban J connectivity index is 1.96. The maximum Gasteiger partial charge on any atom is 0.346 e. The van der Waals surface area contributed by atoms with Gasteiger partial charge in [0.25, 0.3) is 5.56 Å². The lowest BCUT2D eigenvalue weighted by molar-refractivity contribution is -0.118. The largest absolute Gasteiger partial charge is 0.477 e. The number of carbonyl (C=O) groups excluding carboxylic acids is 1. The van der Waals surface area contributed by atoms with Crippen LogP contribution in [0.25, 0.3) is 10.2 Å². The molecule has 2 N–H and O–H groups in total. The van der Waals surface area contributed by atoms with Crippen LogP contribution in [0.1, 0.15) is 28.2 Å². The lowest BCUT2D eigenvalue weighted by atomic mass is 10.2. The molecule has 3 aromatic rings. The predicted octanol–water partition coefficient (Wildman–Crippen LogP) is 3.32. The minimum atomic E-state index is -1.11. The van der Waals surface area contributed by atoms with Crippen molar-refractivity contribution in [1.29, 1.82) is 0 Å². The molecule has 2 heterocycles. The molecule has 2 aromatic heterocycles. The Kier molecular flexibility index (Phi) is 4.80. The molecule has 0 fully saturated rings. The van der Waals surface area contributed by atoms with Crippen LogP contribution in [0.2, 0.25) is 5.02 Å². The molecule has 7 nitrogen and oxygen atoms in total. The van der Waals surface area contributed by atoms with Crippen molar-refractivity contribution < 1.29 is 14.7 Å². The summed E-state index contributed by atoms with van der Waals surface area (Å²) in [6.07, 6.45) is 1.26. The third-order valence-electron chi connectivity index (χ3n) is 3.98. The quantitative estimate of drug-likeness (QED) is 0.710. The highest BCUT2D eigenvalue weighted by Crippen LogP contribution is 2.27. The molecule has 134 valence electrons. The molecule has 1 unspecified atom stereocenters. The van der Waals surface area contributed by atoms with Crippen LogP contribution in [0.4, 0.5) is 5.69 Å². The molecule has 0 radical (unpaired) electrons. The summed E-state index contributed by atoms with van der Waals surface area (Å²) in [5.41, 5.74) is 0.456. The van der Waals surface area contributed by atoms with Crippen molar-refractivity contribution in [3.8, 4) is 0 Å². The molecule has 0 aliphatic heterocycles. The highest BCUT2D eigenvalue weighted by atomic mass is 35.5. The average Bonchev–Trinajstić information content (AvgIpc) is 2.94. The Morgan fingerprint density at radius 1 is 1.31 bits per heavy atom. The zero-order valence-corrected chi connectivity index (χ0v) is 15.4. The predicted molar refractivity (Wildman–Crippen MR) is 100 cm³/mol. The van der Waals surface area contributed by atoms with Gasteiger partial charge in [0.05, 0.1) is 11.7 Å². The second-order valence-corrected chi connectivity index (χ2v) is 7.11. The Morgan fingerprint density at radius 2 is 1.96 bits per heavy atom. The lowest BCUT2D eigenvalue weighted by Gasteiger charge is -2.15. The first-order valence-electron chi connectivity index (χ1n) is 7.59. The summed E-state index contributed by atoms with van der Waals surface area (Å²) in [4.78, 5) is 41.0. The second-order valence-electron chi connectivity index (χ2n) is 5.67. The smallest absolute Gasteiger partial charge is 0.346 e. The molecule has 1 amide bonds. The van der Waals surface area contributed by atoms with E-state index in [1.54, 1.807) is 38.1 Å². The van der Waals surface area contributed by atoms with Crippen molar-refractivity contribution >= 4 is 50.7 Å². The molecule has 3 rings (SSSR count). The zero-order valence-electron chi connectivity index (χ0n) is 13.8. The van der Waals surface area contributed by atoms with Gasteiger partial charge in [0.2, 0.25) is 5.91 Å². The molecule has 9 heteroatoms. The van der Waals surface area contributed by atoms with Gasteiger partial charge in [-0.2, -0.15) is 0 Å². The van der Waals surface area contributed by atoms with E-state index in [-0.39, 0.29) is 10.3 Å². The van der Waals surface area contributed by atoms with Crippen LogP contribution in [0.15, 0.2) is 35.4 Å². The number of hydrogen-bond acceptors (Lipinski definition) is 5. The van der Waals surface area contributed by atoms with Crippen molar-refractivity contribution in [2.45, 2.75) is 19.9 Å². The van der Waals surface area contributed by atoms with Crippen molar-refractivity contribution in [2.75, 3.05) is 5.32 Å². The van der Waals surface area contributed by atoms with E-state index in [2.05, 4.69) is 10.3 Å². The van der Waals surface area contributed by atoms with E-state index in [9.17, 15) is 19.5 Å². The van der Waals surface area contributed by atoms with Gasteiger partial charge in [0.1, 0.15) is 15.7 Å². The average molecular weight is 392 g/mol. The molecule has 0 saturated carbocycles. The van der Waals surface area contributed by atoms with E-state index in [0.717, 1.165) is 11.3 Å². The fraction of sp³-hybridized carbons (Fsp3) is 0.176. The maximum absolute atomic E-state index is 12.8. The molecular formula is C17H14ClN3O4S. The highest BCUT2D eigenvalue weighted by molar-refractivity contribution is 7.20. The monoisotopic (exact) mass is 391 g/mol. The summed E-state index contributed by atoms with van der Waals surface area (Å²) >= 11 is 6.76. The number of hydrogen-bond donors (Lipinski definition) is 2. The van der Waals surface area contributed by atoms with Crippen LogP contribution in [0.3, 0.4) is 0 Å². The van der Waals surface area contributed by atoms with Gasteiger partial charge in [0.15, 0.2) is 0 Å². The fourth-order valence-corrected chi connectivity index (χ4v) is 3.63. The van der Waals surface area contributed by atoms with Crippen LogP contribution >= 0.6 is 22.9 Å². The van der Waals surface area contributed by atoms with Crippen LogP contribution in [0, 0.1) is 6.92 Å². The number of carbonyl (C=O) groups is 2. The maximum atomic E-state index is 12.8. The number of benzene rings is 1. The first-order chi connectivity index (χ1) is 12.3. The fourth-order valence-electron chi connectivity index (χ4n) is 2.52. The molecule has 0 aliphatic carbocycles. The zero-order chi connectivity index (χ0) is 19.0. The van der Waals surface area contributed by atoms with Crippen LogP contribution in [-0.4, -0.2) is 26.5 Å². The van der Waals surface area contributed by atoms with Crippen molar-refractivity contribution in [3.05, 3.63) is 56.4 Å². The number of aromatic nitrogens is 2. The van der Waals surface area contributed by atoms with Gasteiger partial charge < -0.3 is 10.4 Å². The number of nitrogens with zero attached hydrogens (tertiary/aromatic N) is 2. The Morgan fingerprint density at radius 3 is 2.58 bits per heavy atom. The van der Waals surface area contributed by atoms with E-state index in [0.29, 0.717) is 21.1 Å². The van der Waals surface area contributed by atoms with Crippen molar-refractivity contribution in [2.24, 2.45) is 0 Å². The number of carboxylic acids is 1. The molecule has 0 spiro atoms. The van der Waals surface area contributed by atoms with Crippen molar-refractivity contribution in [1.82, 2.24) is 9.55 Å². The summed E-state index contributed by atoms with van der Waals surface area (Å²) in [5, 5.41) is 12.7. The summed E-state index contributed by atoms with van der Waals surface area (Å²) in [6.45, 7) is 3.13.